The first-order valence-corrected chi connectivity index (χ1v) is 14.3. The van der Waals surface area contributed by atoms with Gasteiger partial charge < -0.3 is 0 Å². The smallest absolute Gasteiger partial charge is 0.0852 e. The van der Waals surface area contributed by atoms with Crippen molar-refractivity contribution in [1.82, 2.24) is 5.53 Å². The average molecular weight is 510 g/mol. The molecule has 1 aliphatic heterocycles. The molecule has 0 saturated heterocycles. The Morgan fingerprint density at radius 1 is 0.579 bits per heavy atom. The van der Waals surface area contributed by atoms with E-state index in [2.05, 4.69) is 146 Å². The number of benzene rings is 3. The van der Waals surface area contributed by atoms with Crippen LogP contribution < -0.4 is 15.6 Å². The third-order valence-electron chi connectivity index (χ3n) is 7.78. The first kappa shape index (κ1) is 28.0. The van der Waals surface area contributed by atoms with E-state index in [1.165, 1.54) is 61.6 Å². The molecule has 1 heterocycles. The standard InChI is InChI=1S/C35H47N3/c1-21(2)28-14-12-15-29(22(3)4)34(28)37-20-32(33-26(10)18-25(9)19-27(33)11)38(36-37)35-30(23(5)6)16-13-17-31(35)24(7)8/h12-24,36H,1-11H3. The molecule has 3 nitrogen and oxygen atoms in total. The van der Waals surface area contributed by atoms with Crippen molar-refractivity contribution in [3.63, 3.8) is 0 Å². The second kappa shape index (κ2) is 11.0. The Hall–Kier alpha value is -3.04. The van der Waals surface area contributed by atoms with Crippen LogP contribution in [0.5, 0.6) is 0 Å². The number of hydrazine groups is 2. The van der Waals surface area contributed by atoms with Crippen LogP contribution in [0, 0.1) is 20.8 Å². The highest BCUT2D eigenvalue weighted by molar-refractivity contribution is 5.88. The highest BCUT2D eigenvalue weighted by Crippen LogP contribution is 2.44. The minimum absolute atomic E-state index is 0.398. The Morgan fingerprint density at radius 2 is 0.974 bits per heavy atom. The van der Waals surface area contributed by atoms with E-state index in [0.717, 1.165) is 0 Å². The van der Waals surface area contributed by atoms with Gasteiger partial charge in [-0.3, -0.25) is 10.0 Å². The van der Waals surface area contributed by atoms with E-state index < -0.39 is 0 Å². The summed E-state index contributed by atoms with van der Waals surface area (Å²) in [6.45, 7) is 25.0. The van der Waals surface area contributed by atoms with Crippen molar-refractivity contribution in [2.75, 3.05) is 10.0 Å². The van der Waals surface area contributed by atoms with Crippen LogP contribution in [0.4, 0.5) is 11.4 Å². The fraction of sp³-hybridized carbons (Fsp3) is 0.429. The van der Waals surface area contributed by atoms with E-state index in [0.29, 0.717) is 23.7 Å². The zero-order chi connectivity index (χ0) is 27.9. The van der Waals surface area contributed by atoms with E-state index in [1.807, 2.05) is 0 Å². The van der Waals surface area contributed by atoms with E-state index in [1.54, 1.807) is 0 Å². The molecule has 0 bridgehead atoms. The van der Waals surface area contributed by atoms with Crippen LogP contribution in [0.25, 0.3) is 5.70 Å². The summed E-state index contributed by atoms with van der Waals surface area (Å²) in [6.07, 6.45) is 2.33. The maximum absolute atomic E-state index is 3.90. The van der Waals surface area contributed by atoms with Gasteiger partial charge in [0.05, 0.1) is 17.1 Å². The molecule has 0 fully saturated rings. The molecule has 3 aromatic rings. The predicted molar refractivity (Wildman–Crippen MR) is 166 cm³/mol. The van der Waals surface area contributed by atoms with Crippen molar-refractivity contribution < 1.29 is 0 Å². The van der Waals surface area contributed by atoms with Crippen LogP contribution in [0.15, 0.2) is 54.7 Å². The van der Waals surface area contributed by atoms with Gasteiger partial charge >= 0.3 is 0 Å². The maximum Gasteiger partial charge on any atom is 0.0852 e. The molecule has 0 aliphatic carbocycles. The Balaban J connectivity index is 2.04. The highest BCUT2D eigenvalue weighted by atomic mass is 15.8. The van der Waals surface area contributed by atoms with Crippen molar-refractivity contribution in [2.45, 2.75) is 99.8 Å². The summed E-state index contributed by atoms with van der Waals surface area (Å²) in [5.41, 5.74) is 18.3. The van der Waals surface area contributed by atoms with Gasteiger partial charge in [-0.1, -0.05) is 109 Å². The molecule has 0 saturated carbocycles. The quantitative estimate of drug-likeness (QED) is 0.342. The Labute approximate surface area is 231 Å². The maximum atomic E-state index is 3.90. The largest absolute Gasteiger partial charge is 0.263 e. The molecule has 0 amide bonds. The second-order valence-electron chi connectivity index (χ2n) is 12.3. The minimum atomic E-state index is 0.398. The molecule has 4 rings (SSSR count). The number of rotatable bonds is 7. The molecule has 3 aromatic carbocycles. The van der Waals surface area contributed by atoms with Gasteiger partial charge in [0, 0.05) is 11.8 Å². The number of hydrogen-bond acceptors (Lipinski definition) is 3. The molecule has 38 heavy (non-hydrogen) atoms. The third kappa shape index (κ3) is 5.14. The van der Waals surface area contributed by atoms with Gasteiger partial charge in [0.2, 0.25) is 0 Å². The van der Waals surface area contributed by atoms with Crippen LogP contribution in [0.1, 0.15) is 124 Å². The summed E-state index contributed by atoms with van der Waals surface area (Å²) in [5.74, 6) is 1.62. The number of anilines is 2. The van der Waals surface area contributed by atoms with Crippen LogP contribution in [-0.4, -0.2) is 0 Å². The van der Waals surface area contributed by atoms with Crippen LogP contribution in [-0.2, 0) is 0 Å². The first-order valence-electron chi connectivity index (χ1n) is 14.3. The molecular weight excluding hydrogens is 462 g/mol. The number of aryl methyl sites for hydroxylation is 3. The predicted octanol–water partition coefficient (Wildman–Crippen LogP) is 9.85. The number of hydrogen-bond donors (Lipinski definition) is 1. The first-order chi connectivity index (χ1) is 17.9. The molecule has 0 atom stereocenters. The van der Waals surface area contributed by atoms with E-state index in [-0.39, 0.29) is 0 Å². The lowest BCUT2D eigenvalue weighted by Gasteiger charge is -2.33. The Morgan fingerprint density at radius 3 is 1.37 bits per heavy atom. The summed E-state index contributed by atoms with van der Waals surface area (Å²) in [5, 5.41) is 4.66. The average Bonchev–Trinajstić information content (AvgIpc) is 3.26. The van der Waals surface area contributed by atoms with Crippen molar-refractivity contribution in [1.29, 1.82) is 0 Å². The van der Waals surface area contributed by atoms with Crippen molar-refractivity contribution >= 4 is 17.1 Å². The molecule has 0 unspecified atom stereocenters. The van der Waals surface area contributed by atoms with Crippen molar-refractivity contribution in [2.24, 2.45) is 0 Å². The Kier molecular flexibility index (Phi) is 8.09. The lowest BCUT2D eigenvalue weighted by Crippen LogP contribution is -2.42. The molecular formula is C35H47N3. The SMILES string of the molecule is Cc1cc(C)c(C2=CN(c3c(C(C)C)cccc3C(C)C)NN2c2c(C(C)C)cccc2C(C)C)c(C)c1. The van der Waals surface area contributed by atoms with E-state index >= 15 is 0 Å². The third-order valence-corrected chi connectivity index (χ3v) is 7.78. The summed E-state index contributed by atoms with van der Waals surface area (Å²) < 4.78 is 0. The normalized spacial score (nSPS) is 14.0. The topological polar surface area (TPSA) is 18.5 Å². The summed E-state index contributed by atoms with van der Waals surface area (Å²) >= 11 is 0. The fourth-order valence-electron chi connectivity index (χ4n) is 5.98. The molecule has 1 aliphatic rings. The Bertz CT molecular complexity index is 1270. The van der Waals surface area contributed by atoms with Gasteiger partial charge in [0.15, 0.2) is 0 Å². The summed E-state index contributed by atoms with van der Waals surface area (Å²) in [4.78, 5) is 0. The van der Waals surface area contributed by atoms with Gasteiger partial charge in [0.25, 0.3) is 0 Å². The van der Waals surface area contributed by atoms with Crippen LogP contribution in [0.3, 0.4) is 0 Å². The number of nitrogens with one attached hydrogen (secondary N) is 1. The number of para-hydroxylation sites is 2. The van der Waals surface area contributed by atoms with Crippen molar-refractivity contribution in [3.05, 3.63) is 99.2 Å². The van der Waals surface area contributed by atoms with Gasteiger partial charge in [-0.2, -0.15) is 0 Å². The number of nitrogens with zero attached hydrogens (tertiary/aromatic N) is 2. The summed E-state index contributed by atoms with van der Waals surface area (Å²) in [7, 11) is 0. The zero-order valence-electron chi connectivity index (χ0n) is 25.4. The molecule has 202 valence electrons. The lowest BCUT2D eigenvalue weighted by molar-refractivity contribution is 0.716. The van der Waals surface area contributed by atoms with E-state index in [9.17, 15) is 0 Å². The molecule has 0 spiro atoms. The van der Waals surface area contributed by atoms with Gasteiger partial charge in [-0.25, -0.2) is 0 Å². The second-order valence-corrected chi connectivity index (χ2v) is 12.3. The lowest BCUT2D eigenvalue weighted by atomic mass is 9.91. The van der Waals surface area contributed by atoms with Gasteiger partial charge in [-0.05, 0) is 77.8 Å². The minimum Gasteiger partial charge on any atom is -0.263 e. The molecule has 3 heteroatoms. The van der Waals surface area contributed by atoms with Crippen LogP contribution >= 0.6 is 0 Å². The summed E-state index contributed by atoms with van der Waals surface area (Å²) in [6, 6.07) is 18.2. The zero-order valence-corrected chi connectivity index (χ0v) is 25.4. The molecule has 0 aromatic heterocycles. The monoisotopic (exact) mass is 509 g/mol. The fourth-order valence-corrected chi connectivity index (χ4v) is 5.98. The van der Waals surface area contributed by atoms with Gasteiger partial charge in [0.1, 0.15) is 0 Å². The highest BCUT2D eigenvalue weighted by Gasteiger charge is 2.33. The molecule has 1 N–H and O–H groups in total. The van der Waals surface area contributed by atoms with Crippen molar-refractivity contribution in [3.8, 4) is 0 Å². The molecule has 0 radical (unpaired) electrons. The van der Waals surface area contributed by atoms with E-state index in [4.69, 9.17) is 0 Å². The van der Waals surface area contributed by atoms with Gasteiger partial charge in [-0.15, -0.1) is 5.53 Å². The van der Waals surface area contributed by atoms with Crippen LogP contribution in [0.2, 0.25) is 0 Å².